The van der Waals surface area contributed by atoms with Crippen molar-refractivity contribution in [2.45, 2.75) is 13.2 Å². The molecule has 1 heterocycles. The molecule has 90 valence electrons. The van der Waals surface area contributed by atoms with Crippen LogP contribution in [0.3, 0.4) is 0 Å². The molecule has 1 aromatic heterocycles. The van der Waals surface area contributed by atoms with E-state index < -0.39 is 6.29 Å². The second-order valence-electron chi connectivity index (χ2n) is 3.82. The first-order chi connectivity index (χ1) is 8.15. The summed E-state index contributed by atoms with van der Waals surface area (Å²) in [5.41, 5.74) is 1.80. The number of fused-ring (bicyclic) bond motifs is 1. The van der Waals surface area contributed by atoms with Crippen LogP contribution in [-0.4, -0.2) is 26.3 Å². The molecule has 0 saturated carbocycles. The second-order valence-corrected chi connectivity index (χ2v) is 3.82. The van der Waals surface area contributed by atoms with Gasteiger partial charge in [0.15, 0.2) is 5.76 Å². The fraction of sp³-hybridized carbons (Fsp3) is 0.308. The monoisotopic (exact) mass is 234 g/mol. The highest BCUT2D eigenvalue weighted by Crippen LogP contribution is 2.22. The zero-order valence-corrected chi connectivity index (χ0v) is 10.0. The smallest absolute Gasteiger partial charge is 0.253 e. The van der Waals surface area contributed by atoms with Gasteiger partial charge in [-0.15, -0.1) is 0 Å². The minimum absolute atomic E-state index is 0.249. The van der Waals surface area contributed by atoms with E-state index in [0.29, 0.717) is 5.58 Å². The summed E-state index contributed by atoms with van der Waals surface area (Å²) in [4.78, 5) is 11.9. The number of hydrogen-bond donors (Lipinski definition) is 0. The Morgan fingerprint density at radius 3 is 2.59 bits per heavy atom. The molecule has 0 amide bonds. The highest BCUT2D eigenvalue weighted by Gasteiger charge is 2.22. The van der Waals surface area contributed by atoms with Crippen molar-refractivity contribution < 1.29 is 18.7 Å². The lowest BCUT2D eigenvalue weighted by Gasteiger charge is -2.09. The van der Waals surface area contributed by atoms with Crippen LogP contribution in [0.25, 0.3) is 11.0 Å². The van der Waals surface area contributed by atoms with E-state index in [-0.39, 0.29) is 11.5 Å². The third kappa shape index (κ3) is 2.23. The maximum atomic E-state index is 11.9. The molecule has 17 heavy (non-hydrogen) atoms. The molecular formula is C13H14O4. The third-order valence-corrected chi connectivity index (χ3v) is 2.56. The van der Waals surface area contributed by atoms with Crippen LogP contribution < -0.4 is 0 Å². The number of methoxy groups -OCH3 is 2. The Labute approximate surface area is 99.1 Å². The lowest BCUT2D eigenvalue weighted by atomic mass is 10.2. The summed E-state index contributed by atoms with van der Waals surface area (Å²) < 4.78 is 15.3. The number of carbonyl (C=O) groups excluding carboxylic acids is 1. The summed E-state index contributed by atoms with van der Waals surface area (Å²) in [6.07, 6.45) is -0.920. The average Bonchev–Trinajstić information content (AvgIpc) is 2.73. The highest BCUT2D eigenvalue weighted by molar-refractivity contribution is 5.99. The molecule has 0 unspecified atom stereocenters. The standard InChI is InChI=1S/C13H14O4/c1-8-4-5-10-9(6-8)7-11(17-10)12(14)13(15-2)16-3/h4-7,13H,1-3H3. The highest BCUT2D eigenvalue weighted by atomic mass is 16.7. The van der Waals surface area contributed by atoms with Gasteiger partial charge >= 0.3 is 0 Å². The Hall–Kier alpha value is -1.65. The number of aryl methyl sites for hydroxylation is 1. The number of carbonyl (C=O) groups is 1. The molecule has 0 atom stereocenters. The molecule has 0 bridgehead atoms. The Morgan fingerprint density at radius 1 is 1.24 bits per heavy atom. The molecule has 2 aromatic rings. The predicted molar refractivity (Wildman–Crippen MR) is 63.1 cm³/mol. The molecule has 1 aromatic carbocycles. The summed E-state index contributed by atoms with van der Waals surface area (Å²) in [7, 11) is 2.83. The van der Waals surface area contributed by atoms with E-state index in [1.807, 2.05) is 25.1 Å². The molecular weight excluding hydrogens is 220 g/mol. The van der Waals surface area contributed by atoms with Gasteiger partial charge in [0.25, 0.3) is 5.78 Å². The molecule has 0 N–H and O–H groups in total. The van der Waals surface area contributed by atoms with Crippen LogP contribution in [0, 0.1) is 6.92 Å². The molecule has 0 spiro atoms. The van der Waals surface area contributed by atoms with E-state index in [9.17, 15) is 4.79 Å². The summed E-state index contributed by atoms with van der Waals surface area (Å²) in [6.45, 7) is 1.99. The molecule has 0 fully saturated rings. The van der Waals surface area contributed by atoms with Crippen LogP contribution in [0.5, 0.6) is 0 Å². The summed E-state index contributed by atoms with van der Waals surface area (Å²) in [5, 5.41) is 0.902. The Bertz CT molecular complexity index is 537. The van der Waals surface area contributed by atoms with Gasteiger partial charge in [0.1, 0.15) is 5.58 Å². The van der Waals surface area contributed by atoms with Gasteiger partial charge in [-0.25, -0.2) is 0 Å². The average molecular weight is 234 g/mol. The van der Waals surface area contributed by atoms with Crippen LogP contribution >= 0.6 is 0 Å². The van der Waals surface area contributed by atoms with E-state index in [0.717, 1.165) is 10.9 Å². The molecule has 0 saturated heterocycles. The second kappa shape index (κ2) is 4.69. The van der Waals surface area contributed by atoms with Crippen molar-refractivity contribution in [3.63, 3.8) is 0 Å². The fourth-order valence-corrected chi connectivity index (χ4v) is 1.71. The van der Waals surface area contributed by atoms with Gasteiger partial charge in [-0.1, -0.05) is 11.6 Å². The Morgan fingerprint density at radius 2 is 1.94 bits per heavy atom. The third-order valence-electron chi connectivity index (χ3n) is 2.56. The van der Waals surface area contributed by atoms with Crippen molar-refractivity contribution >= 4 is 16.8 Å². The molecule has 0 aliphatic carbocycles. The number of hydrogen-bond acceptors (Lipinski definition) is 4. The van der Waals surface area contributed by atoms with Crippen molar-refractivity contribution in [2.75, 3.05) is 14.2 Å². The van der Waals surface area contributed by atoms with Gasteiger partial charge in [0, 0.05) is 19.6 Å². The van der Waals surface area contributed by atoms with Gasteiger partial charge in [-0.3, -0.25) is 4.79 Å². The van der Waals surface area contributed by atoms with Crippen LogP contribution in [0.1, 0.15) is 16.1 Å². The molecule has 4 nitrogen and oxygen atoms in total. The summed E-state index contributed by atoms with van der Waals surface area (Å²) in [6, 6.07) is 7.44. The number of Topliss-reactive ketones (excluding diaryl/α,β-unsaturated/α-hetero) is 1. The lowest BCUT2D eigenvalue weighted by molar-refractivity contribution is -0.0752. The van der Waals surface area contributed by atoms with E-state index >= 15 is 0 Å². The first kappa shape index (κ1) is 11.8. The molecule has 0 aliphatic heterocycles. The van der Waals surface area contributed by atoms with Gasteiger partial charge in [0.05, 0.1) is 0 Å². The summed E-state index contributed by atoms with van der Waals surface area (Å²) >= 11 is 0. The SMILES string of the molecule is COC(OC)C(=O)c1cc2cc(C)ccc2o1. The normalized spacial score (nSPS) is 11.3. The van der Waals surface area contributed by atoms with Crippen molar-refractivity contribution in [1.29, 1.82) is 0 Å². The van der Waals surface area contributed by atoms with Crippen molar-refractivity contribution in [3.05, 3.63) is 35.6 Å². The Balaban J connectivity index is 2.39. The maximum Gasteiger partial charge on any atom is 0.253 e. The number of ether oxygens (including phenoxy) is 2. The van der Waals surface area contributed by atoms with E-state index in [2.05, 4.69) is 0 Å². The van der Waals surface area contributed by atoms with Crippen molar-refractivity contribution in [1.82, 2.24) is 0 Å². The molecule has 0 radical (unpaired) electrons. The first-order valence-corrected chi connectivity index (χ1v) is 5.25. The van der Waals surface area contributed by atoms with Gasteiger partial charge in [0.2, 0.25) is 6.29 Å². The lowest BCUT2D eigenvalue weighted by Crippen LogP contribution is -2.24. The largest absolute Gasteiger partial charge is 0.453 e. The van der Waals surface area contributed by atoms with Crippen molar-refractivity contribution in [3.8, 4) is 0 Å². The van der Waals surface area contributed by atoms with Crippen LogP contribution in [-0.2, 0) is 9.47 Å². The van der Waals surface area contributed by atoms with E-state index in [4.69, 9.17) is 13.9 Å². The molecule has 2 rings (SSSR count). The van der Waals surface area contributed by atoms with E-state index in [1.54, 1.807) is 6.07 Å². The zero-order valence-electron chi connectivity index (χ0n) is 10.0. The van der Waals surface area contributed by atoms with Crippen LogP contribution in [0.4, 0.5) is 0 Å². The first-order valence-electron chi connectivity index (χ1n) is 5.25. The van der Waals surface area contributed by atoms with Gasteiger partial charge in [-0.05, 0) is 25.1 Å². The van der Waals surface area contributed by atoms with E-state index in [1.165, 1.54) is 14.2 Å². The van der Waals surface area contributed by atoms with Gasteiger partial charge < -0.3 is 13.9 Å². The number of furan rings is 1. The maximum absolute atomic E-state index is 11.9. The number of benzene rings is 1. The predicted octanol–water partition coefficient (Wildman–Crippen LogP) is 2.54. The quantitative estimate of drug-likeness (QED) is 0.602. The Kier molecular flexibility index (Phi) is 3.26. The van der Waals surface area contributed by atoms with Gasteiger partial charge in [-0.2, -0.15) is 0 Å². The number of ketones is 1. The number of rotatable bonds is 4. The summed E-state index contributed by atoms with van der Waals surface area (Å²) in [5.74, 6) is -0.0665. The zero-order chi connectivity index (χ0) is 12.4. The van der Waals surface area contributed by atoms with Crippen molar-refractivity contribution in [2.24, 2.45) is 0 Å². The molecule has 4 heteroatoms. The fourth-order valence-electron chi connectivity index (χ4n) is 1.71. The van der Waals surface area contributed by atoms with Crippen LogP contribution in [0.2, 0.25) is 0 Å². The topological polar surface area (TPSA) is 48.7 Å². The molecule has 0 aliphatic rings. The minimum atomic E-state index is -0.920. The van der Waals surface area contributed by atoms with Crippen LogP contribution in [0.15, 0.2) is 28.7 Å². The minimum Gasteiger partial charge on any atom is -0.453 e.